The molecular weight excluding hydrogens is 279 g/mol. The van der Waals surface area contributed by atoms with Crippen molar-refractivity contribution < 1.29 is 12.8 Å². The van der Waals surface area contributed by atoms with Crippen molar-refractivity contribution in [1.29, 1.82) is 0 Å². The maximum absolute atomic E-state index is 13.7. The second kappa shape index (κ2) is 7.15. The number of hydrogen-bond donors (Lipinski definition) is 1. The van der Waals surface area contributed by atoms with Crippen LogP contribution in [0.25, 0.3) is 0 Å². The highest BCUT2D eigenvalue weighted by Gasteiger charge is 2.23. The Morgan fingerprint density at radius 2 is 2.00 bits per heavy atom. The lowest BCUT2D eigenvalue weighted by Gasteiger charge is -2.21. The van der Waals surface area contributed by atoms with Gasteiger partial charge in [-0.25, -0.2) is 12.8 Å². The summed E-state index contributed by atoms with van der Waals surface area (Å²) in [5.74, 6) is -0.389. The van der Waals surface area contributed by atoms with Crippen LogP contribution in [0.15, 0.2) is 23.1 Å². The number of nitrogens with zero attached hydrogens (tertiary/aromatic N) is 1. The van der Waals surface area contributed by atoms with E-state index in [2.05, 4.69) is 5.32 Å². The first-order chi connectivity index (χ1) is 9.30. The van der Waals surface area contributed by atoms with Crippen molar-refractivity contribution >= 4 is 10.0 Å². The van der Waals surface area contributed by atoms with Crippen LogP contribution in [0, 0.1) is 5.82 Å². The molecule has 0 aromatic heterocycles. The summed E-state index contributed by atoms with van der Waals surface area (Å²) in [5.41, 5.74) is 0.372. The molecule has 1 N–H and O–H groups in total. The molecule has 0 bridgehead atoms. The lowest BCUT2D eigenvalue weighted by atomic mass is 10.2. The summed E-state index contributed by atoms with van der Waals surface area (Å²) in [4.78, 5) is 0.128. The van der Waals surface area contributed by atoms with Gasteiger partial charge in [-0.3, -0.25) is 0 Å². The van der Waals surface area contributed by atoms with Crippen LogP contribution in [0.1, 0.15) is 32.8 Å². The Morgan fingerprint density at radius 1 is 1.35 bits per heavy atom. The number of sulfonamides is 1. The van der Waals surface area contributed by atoms with E-state index in [0.29, 0.717) is 12.1 Å². The van der Waals surface area contributed by atoms with Crippen molar-refractivity contribution in [2.45, 2.75) is 44.7 Å². The van der Waals surface area contributed by atoms with Crippen LogP contribution >= 0.6 is 0 Å². The van der Waals surface area contributed by atoms with Crippen molar-refractivity contribution in [3.63, 3.8) is 0 Å². The average Bonchev–Trinajstić information content (AvgIpc) is 2.39. The molecule has 0 radical (unpaired) electrons. The Morgan fingerprint density at radius 3 is 2.55 bits per heavy atom. The number of nitrogens with one attached hydrogen (secondary N) is 1. The zero-order valence-corrected chi connectivity index (χ0v) is 13.3. The SMILES string of the molecule is CCCNCc1cc(S(=O)(=O)N(C)C(C)C)ccc1F. The highest BCUT2D eigenvalue weighted by molar-refractivity contribution is 7.89. The van der Waals surface area contributed by atoms with Crippen LogP contribution in [0.3, 0.4) is 0 Å². The molecule has 6 heteroatoms. The van der Waals surface area contributed by atoms with Gasteiger partial charge >= 0.3 is 0 Å². The van der Waals surface area contributed by atoms with E-state index in [1.807, 2.05) is 6.92 Å². The summed E-state index contributed by atoms with van der Waals surface area (Å²) in [5, 5.41) is 3.07. The van der Waals surface area contributed by atoms with Gasteiger partial charge in [0, 0.05) is 25.2 Å². The van der Waals surface area contributed by atoms with Crippen molar-refractivity contribution in [2.24, 2.45) is 0 Å². The normalized spacial score (nSPS) is 12.3. The molecule has 0 heterocycles. The molecule has 0 atom stereocenters. The van der Waals surface area contributed by atoms with Crippen LogP contribution in [0.4, 0.5) is 4.39 Å². The van der Waals surface area contributed by atoms with Crippen LogP contribution in [-0.2, 0) is 16.6 Å². The van der Waals surface area contributed by atoms with Gasteiger partial charge in [0.05, 0.1) is 4.90 Å². The van der Waals surface area contributed by atoms with Gasteiger partial charge in [-0.15, -0.1) is 0 Å². The molecule has 1 rings (SSSR count). The first-order valence-corrected chi connectivity index (χ1v) is 8.21. The lowest BCUT2D eigenvalue weighted by Crippen LogP contribution is -2.33. The van der Waals surface area contributed by atoms with E-state index in [-0.39, 0.29) is 16.8 Å². The molecule has 0 fully saturated rings. The summed E-state index contributed by atoms with van der Waals surface area (Å²) < 4.78 is 39.7. The largest absolute Gasteiger partial charge is 0.313 e. The number of rotatable bonds is 7. The van der Waals surface area contributed by atoms with Crippen molar-refractivity contribution in [3.8, 4) is 0 Å². The average molecular weight is 302 g/mol. The summed E-state index contributed by atoms with van der Waals surface area (Å²) in [6.45, 7) is 6.70. The fraction of sp³-hybridized carbons (Fsp3) is 0.571. The number of halogens is 1. The van der Waals surface area contributed by atoms with Gasteiger partial charge in [0.25, 0.3) is 0 Å². The van der Waals surface area contributed by atoms with Crippen LogP contribution < -0.4 is 5.32 Å². The molecule has 0 amide bonds. The van der Waals surface area contributed by atoms with Crippen molar-refractivity contribution in [3.05, 3.63) is 29.6 Å². The Labute approximate surface area is 121 Å². The minimum atomic E-state index is -3.57. The summed E-state index contributed by atoms with van der Waals surface area (Å²) >= 11 is 0. The summed E-state index contributed by atoms with van der Waals surface area (Å²) in [6.07, 6.45) is 0.940. The predicted octanol–water partition coefficient (Wildman–Crippen LogP) is 2.35. The molecule has 0 aliphatic carbocycles. The van der Waals surface area contributed by atoms with Gasteiger partial charge in [-0.05, 0) is 45.0 Å². The fourth-order valence-corrected chi connectivity index (χ4v) is 3.11. The van der Waals surface area contributed by atoms with Crippen LogP contribution in [0.2, 0.25) is 0 Å². The molecule has 1 aromatic carbocycles. The molecule has 0 spiro atoms. The molecular formula is C14H23FN2O2S. The van der Waals surface area contributed by atoms with E-state index >= 15 is 0 Å². The standard InChI is InChI=1S/C14H23FN2O2S/c1-5-8-16-10-12-9-13(6-7-14(12)15)20(18,19)17(4)11(2)3/h6-7,9,11,16H,5,8,10H2,1-4H3. The van der Waals surface area contributed by atoms with E-state index in [0.717, 1.165) is 13.0 Å². The Hall–Kier alpha value is -0.980. The third kappa shape index (κ3) is 4.01. The minimum absolute atomic E-state index is 0.128. The maximum Gasteiger partial charge on any atom is 0.243 e. The van der Waals surface area contributed by atoms with E-state index in [9.17, 15) is 12.8 Å². The zero-order chi connectivity index (χ0) is 15.3. The number of benzene rings is 1. The highest BCUT2D eigenvalue weighted by Crippen LogP contribution is 2.19. The maximum atomic E-state index is 13.7. The Balaban J connectivity index is 3.05. The summed E-state index contributed by atoms with van der Waals surface area (Å²) in [7, 11) is -2.04. The molecule has 0 saturated heterocycles. The fourth-order valence-electron chi connectivity index (χ4n) is 1.69. The topological polar surface area (TPSA) is 49.4 Å². The third-order valence-corrected chi connectivity index (χ3v) is 5.19. The van der Waals surface area contributed by atoms with E-state index in [4.69, 9.17) is 0 Å². The highest BCUT2D eigenvalue weighted by atomic mass is 32.2. The molecule has 0 saturated carbocycles. The van der Waals surface area contributed by atoms with E-state index < -0.39 is 10.0 Å². The second-order valence-electron chi connectivity index (χ2n) is 5.04. The van der Waals surface area contributed by atoms with Gasteiger partial charge in [0.1, 0.15) is 5.82 Å². The van der Waals surface area contributed by atoms with Gasteiger partial charge in [-0.2, -0.15) is 4.31 Å². The smallest absolute Gasteiger partial charge is 0.243 e. The third-order valence-electron chi connectivity index (χ3n) is 3.16. The second-order valence-corrected chi connectivity index (χ2v) is 7.04. The van der Waals surface area contributed by atoms with Gasteiger partial charge in [-0.1, -0.05) is 6.92 Å². The molecule has 114 valence electrons. The van der Waals surface area contributed by atoms with Crippen molar-refractivity contribution in [1.82, 2.24) is 9.62 Å². The first kappa shape index (κ1) is 17.1. The Bertz CT molecular complexity index is 544. The quantitative estimate of drug-likeness (QED) is 0.787. The molecule has 0 aliphatic rings. The molecule has 0 aliphatic heterocycles. The molecule has 20 heavy (non-hydrogen) atoms. The van der Waals surface area contributed by atoms with Gasteiger partial charge < -0.3 is 5.32 Å². The Kier molecular flexibility index (Phi) is 6.10. The van der Waals surface area contributed by atoms with E-state index in [1.165, 1.54) is 29.6 Å². The first-order valence-electron chi connectivity index (χ1n) is 6.77. The summed E-state index contributed by atoms with van der Waals surface area (Å²) in [6, 6.07) is 3.79. The van der Waals surface area contributed by atoms with Crippen molar-refractivity contribution in [2.75, 3.05) is 13.6 Å². The zero-order valence-electron chi connectivity index (χ0n) is 12.5. The molecule has 4 nitrogen and oxygen atoms in total. The molecule has 0 unspecified atom stereocenters. The number of hydrogen-bond acceptors (Lipinski definition) is 3. The predicted molar refractivity (Wildman–Crippen MR) is 78.5 cm³/mol. The monoisotopic (exact) mass is 302 g/mol. The molecule has 1 aromatic rings. The van der Waals surface area contributed by atoms with Gasteiger partial charge in [0.2, 0.25) is 10.0 Å². The van der Waals surface area contributed by atoms with E-state index in [1.54, 1.807) is 13.8 Å². The lowest BCUT2D eigenvalue weighted by molar-refractivity contribution is 0.410. The minimum Gasteiger partial charge on any atom is -0.313 e. The van der Waals surface area contributed by atoms with Crippen LogP contribution in [0.5, 0.6) is 0 Å². The van der Waals surface area contributed by atoms with Gasteiger partial charge in [0.15, 0.2) is 0 Å². The van der Waals surface area contributed by atoms with Crippen LogP contribution in [-0.4, -0.2) is 32.4 Å².